The van der Waals surface area contributed by atoms with Crippen molar-refractivity contribution in [1.82, 2.24) is 9.88 Å². The lowest BCUT2D eigenvalue weighted by Gasteiger charge is -2.17. The number of thiazole rings is 1. The minimum atomic E-state index is -0.425. The summed E-state index contributed by atoms with van der Waals surface area (Å²) in [5, 5.41) is 5.15. The Balaban J connectivity index is 1.59. The Hall–Kier alpha value is -3.36. The molecule has 1 aliphatic rings. The number of hydrogen-bond acceptors (Lipinski definition) is 6. The predicted octanol–water partition coefficient (Wildman–Crippen LogP) is 3.87. The molecule has 0 bridgehead atoms. The minimum absolute atomic E-state index is 0.228. The molecule has 2 heterocycles. The molecule has 0 radical (unpaired) electrons. The number of anilines is 2. The molecule has 0 unspecified atom stereocenters. The summed E-state index contributed by atoms with van der Waals surface area (Å²) < 4.78 is 0. The van der Waals surface area contributed by atoms with E-state index in [-0.39, 0.29) is 17.4 Å². The summed E-state index contributed by atoms with van der Waals surface area (Å²) in [6.45, 7) is 4.49. The van der Waals surface area contributed by atoms with Crippen LogP contribution in [0.25, 0.3) is 0 Å². The van der Waals surface area contributed by atoms with Gasteiger partial charge in [0, 0.05) is 17.5 Å². The second-order valence-corrected chi connectivity index (χ2v) is 8.62. The highest BCUT2D eigenvalue weighted by Gasteiger charge is 2.38. The van der Waals surface area contributed by atoms with Crippen LogP contribution in [0.2, 0.25) is 0 Å². The van der Waals surface area contributed by atoms with E-state index >= 15 is 0 Å². The van der Waals surface area contributed by atoms with Crippen molar-refractivity contribution in [1.29, 1.82) is 0 Å². The molecular formula is C23H22N4O3S. The van der Waals surface area contributed by atoms with Crippen LogP contribution in [0.5, 0.6) is 0 Å². The van der Waals surface area contributed by atoms with E-state index in [1.165, 1.54) is 28.4 Å². The van der Waals surface area contributed by atoms with Gasteiger partial charge in [0.15, 0.2) is 5.13 Å². The van der Waals surface area contributed by atoms with E-state index in [1.54, 1.807) is 12.1 Å². The molecule has 1 aromatic heterocycles. The van der Waals surface area contributed by atoms with Gasteiger partial charge in [-0.2, -0.15) is 0 Å². The lowest BCUT2D eigenvalue weighted by molar-refractivity contribution is 0.0925. The molecule has 1 N–H and O–H groups in total. The Morgan fingerprint density at radius 3 is 2.58 bits per heavy atom. The smallest absolute Gasteiger partial charge is 0.266 e. The molecule has 2 aromatic carbocycles. The summed E-state index contributed by atoms with van der Waals surface area (Å²) in [6.07, 6.45) is 0. The first-order valence-corrected chi connectivity index (χ1v) is 10.6. The first kappa shape index (κ1) is 20.9. The Labute approximate surface area is 184 Å². The van der Waals surface area contributed by atoms with E-state index < -0.39 is 5.91 Å². The molecule has 0 fully saturated rings. The number of nitrogens with zero attached hydrogens (tertiary/aromatic N) is 3. The zero-order valence-electron chi connectivity index (χ0n) is 17.7. The van der Waals surface area contributed by atoms with Gasteiger partial charge < -0.3 is 4.90 Å². The molecule has 0 aliphatic carbocycles. The van der Waals surface area contributed by atoms with Gasteiger partial charge in [-0.3, -0.25) is 19.7 Å². The average Bonchev–Trinajstić information content (AvgIpc) is 3.25. The number of aryl methyl sites for hydroxylation is 1. The molecule has 3 aromatic rings. The van der Waals surface area contributed by atoms with Crippen LogP contribution in [-0.2, 0) is 6.54 Å². The fourth-order valence-electron chi connectivity index (χ4n) is 3.51. The van der Waals surface area contributed by atoms with Gasteiger partial charge in [0.25, 0.3) is 17.7 Å². The zero-order valence-corrected chi connectivity index (χ0v) is 18.5. The summed E-state index contributed by atoms with van der Waals surface area (Å²) in [6, 6.07) is 10.1. The number of imide groups is 1. The molecule has 0 saturated carbocycles. The fraction of sp³-hybridized carbons (Fsp3) is 0.217. The van der Waals surface area contributed by atoms with Crippen molar-refractivity contribution in [3.8, 4) is 0 Å². The molecule has 4 rings (SSSR count). The van der Waals surface area contributed by atoms with E-state index in [0.29, 0.717) is 28.5 Å². The number of benzene rings is 2. The van der Waals surface area contributed by atoms with Gasteiger partial charge in [-0.15, -0.1) is 11.3 Å². The van der Waals surface area contributed by atoms with Gasteiger partial charge in [0.05, 0.1) is 22.5 Å². The average molecular weight is 435 g/mol. The molecule has 158 valence electrons. The summed E-state index contributed by atoms with van der Waals surface area (Å²) in [7, 11) is 3.89. The van der Waals surface area contributed by atoms with Gasteiger partial charge >= 0.3 is 0 Å². The standard InChI is InChI=1S/C23H22N4O3S/c1-13-6-5-7-19(14(13)2)27-21(29)17-9-8-15(10-18(17)22(27)30)20(28)25-23-24-16(12-31-23)11-26(3)4/h5-10,12H,11H2,1-4H3,(H,24,25,28). The summed E-state index contributed by atoms with van der Waals surface area (Å²) in [5.41, 5.74) is 4.11. The van der Waals surface area contributed by atoms with Crippen LogP contribution in [0.15, 0.2) is 41.8 Å². The third-order valence-corrected chi connectivity index (χ3v) is 6.02. The zero-order chi connectivity index (χ0) is 22.3. The van der Waals surface area contributed by atoms with Crippen LogP contribution in [0.4, 0.5) is 10.8 Å². The highest BCUT2D eigenvalue weighted by Crippen LogP contribution is 2.32. The highest BCUT2D eigenvalue weighted by atomic mass is 32.1. The Kier molecular flexibility index (Phi) is 5.43. The van der Waals surface area contributed by atoms with Crippen LogP contribution in [-0.4, -0.2) is 41.7 Å². The number of carbonyl (C=O) groups excluding carboxylic acids is 3. The van der Waals surface area contributed by atoms with Crippen LogP contribution in [0.1, 0.15) is 47.9 Å². The maximum atomic E-state index is 13.1. The number of aromatic nitrogens is 1. The lowest BCUT2D eigenvalue weighted by atomic mass is 10.1. The Morgan fingerprint density at radius 2 is 1.84 bits per heavy atom. The molecular weight excluding hydrogens is 412 g/mol. The van der Waals surface area contributed by atoms with Crippen molar-refractivity contribution in [2.24, 2.45) is 0 Å². The normalized spacial score (nSPS) is 13.1. The van der Waals surface area contributed by atoms with E-state index in [0.717, 1.165) is 16.8 Å². The van der Waals surface area contributed by atoms with Crippen LogP contribution in [0, 0.1) is 13.8 Å². The molecule has 0 saturated heterocycles. The van der Waals surface area contributed by atoms with Gasteiger partial charge in [-0.25, -0.2) is 9.88 Å². The van der Waals surface area contributed by atoms with Crippen molar-refractivity contribution in [2.45, 2.75) is 20.4 Å². The van der Waals surface area contributed by atoms with Crippen LogP contribution < -0.4 is 10.2 Å². The molecule has 0 atom stereocenters. The SMILES string of the molecule is Cc1cccc(N2C(=O)c3ccc(C(=O)Nc4nc(CN(C)C)cs4)cc3C2=O)c1C. The predicted molar refractivity (Wildman–Crippen MR) is 121 cm³/mol. The van der Waals surface area contributed by atoms with Crippen LogP contribution >= 0.6 is 11.3 Å². The second kappa shape index (κ2) is 8.05. The molecule has 31 heavy (non-hydrogen) atoms. The van der Waals surface area contributed by atoms with Crippen LogP contribution in [0.3, 0.4) is 0 Å². The first-order chi connectivity index (χ1) is 14.8. The van der Waals surface area contributed by atoms with E-state index in [4.69, 9.17) is 0 Å². The third kappa shape index (κ3) is 3.87. The molecule has 8 heteroatoms. The summed E-state index contributed by atoms with van der Waals surface area (Å²) in [5.74, 6) is -1.18. The number of hydrogen-bond donors (Lipinski definition) is 1. The monoisotopic (exact) mass is 434 g/mol. The van der Waals surface area contributed by atoms with Gasteiger partial charge in [0.1, 0.15) is 0 Å². The Bertz CT molecular complexity index is 1220. The number of carbonyl (C=O) groups is 3. The number of fused-ring (bicyclic) bond motifs is 1. The van der Waals surface area contributed by atoms with Crippen molar-refractivity contribution in [3.05, 3.63) is 75.3 Å². The third-order valence-electron chi connectivity index (χ3n) is 5.22. The summed E-state index contributed by atoms with van der Waals surface area (Å²) >= 11 is 1.34. The van der Waals surface area contributed by atoms with Gasteiger partial charge in [-0.1, -0.05) is 12.1 Å². The number of amides is 3. The molecule has 7 nitrogen and oxygen atoms in total. The molecule has 0 spiro atoms. The van der Waals surface area contributed by atoms with E-state index in [2.05, 4.69) is 10.3 Å². The molecule has 3 amide bonds. The van der Waals surface area contributed by atoms with E-state index in [1.807, 2.05) is 50.4 Å². The van der Waals surface area contributed by atoms with E-state index in [9.17, 15) is 14.4 Å². The highest BCUT2D eigenvalue weighted by molar-refractivity contribution is 7.14. The lowest BCUT2D eigenvalue weighted by Crippen LogP contribution is -2.30. The number of nitrogens with one attached hydrogen (secondary N) is 1. The van der Waals surface area contributed by atoms with Crippen molar-refractivity contribution in [3.63, 3.8) is 0 Å². The van der Waals surface area contributed by atoms with Gasteiger partial charge in [-0.05, 0) is 63.3 Å². The maximum absolute atomic E-state index is 13.1. The van der Waals surface area contributed by atoms with Crippen molar-refractivity contribution in [2.75, 3.05) is 24.3 Å². The maximum Gasteiger partial charge on any atom is 0.266 e. The first-order valence-electron chi connectivity index (χ1n) is 9.76. The largest absolute Gasteiger partial charge is 0.304 e. The van der Waals surface area contributed by atoms with Gasteiger partial charge in [0.2, 0.25) is 0 Å². The topological polar surface area (TPSA) is 82.6 Å². The minimum Gasteiger partial charge on any atom is -0.304 e. The van der Waals surface area contributed by atoms with Crippen molar-refractivity contribution < 1.29 is 14.4 Å². The number of rotatable bonds is 5. The van der Waals surface area contributed by atoms with Crippen molar-refractivity contribution >= 4 is 39.9 Å². The fourth-order valence-corrected chi connectivity index (χ4v) is 4.21. The molecule has 1 aliphatic heterocycles. The second-order valence-electron chi connectivity index (χ2n) is 7.76. The Morgan fingerprint density at radius 1 is 1.10 bits per heavy atom. The quantitative estimate of drug-likeness (QED) is 0.617. The summed E-state index contributed by atoms with van der Waals surface area (Å²) in [4.78, 5) is 46.3.